The third-order valence-corrected chi connectivity index (χ3v) is 5.00. The van der Waals surface area contributed by atoms with Gasteiger partial charge in [-0.3, -0.25) is 15.0 Å². The first-order chi connectivity index (χ1) is 12.1. The number of carbonyl (C=O) groups is 2. The Balaban J connectivity index is 1.44. The van der Waals surface area contributed by atoms with Crippen molar-refractivity contribution in [2.24, 2.45) is 0 Å². The first-order valence-electron chi connectivity index (χ1n) is 9.01. The number of aromatic nitrogens is 2. The molecule has 8 heteroatoms. The fourth-order valence-corrected chi connectivity index (χ4v) is 3.44. The second-order valence-electron chi connectivity index (χ2n) is 6.69. The number of urea groups is 1. The fourth-order valence-electron chi connectivity index (χ4n) is 3.44. The Hall–Kier alpha value is -2.22. The van der Waals surface area contributed by atoms with Crippen LogP contribution in [0.2, 0.25) is 0 Å². The molecule has 0 radical (unpaired) electrons. The third-order valence-electron chi connectivity index (χ3n) is 5.00. The lowest BCUT2D eigenvalue weighted by Gasteiger charge is -2.37. The largest absolute Gasteiger partial charge is 0.338 e. The fraction of sp³-hybridized carbons (Fsp3) is 0.647. The Bertz CT molecular complexity index is 582. The van der Waals surface area contributed by atoms with E-state index in [2.05, 4.69) is 30.4 Å². The third kappa shape index (κ3) is 4.66. The van der Waals surface area contributed by atoms with Gasteiger partial charge in [-0.15, -0.1) is 0 Å². The van der Waals surface area contributed by atoms with Crippen LogP contribution in [0.15, 0.2) is 18.5 Å². The van der Waals surface area contributed by atoms with Crippen LogP contribution in [-0.2, 0) is 4.79 Å². The van der Waals surface area contributed by atoms with E-state index in [1.54, 1.807) is 18.5 Å². The molecular weight excluding hydrogens is 320 g/mol. The van der Waals surface area contributed by atoms with Crippen molar-refractivity contribution < 1.29 is 9.59 Å². The molecule has 0 spiro atoms. The van der Waals surface area contributed by atoms with Gasteiger partial charge in [0, 0.05) is 44.6 Å². The number of piperazine rings is 1. The van der Waals surface area contributed by atoms with E-state index >= 15 is 0 Å². The highest BCUT2D eigenvalue weighted by Crippen LogP contribution is 2.17. The summed E-state index contributed by atoms with van der Waals surface area (Å²) in [6.07, 6.45) is 7.75. The Morgan fingerprint density at radius 1 is 1.12 bits per heavy atom. The molecular formula is C17H26N6O2. The summed E-state index contributed by atoms with van der Waals surface area (Å²) in [6.45, 7) is 4.83. The van der Waals surface area contributed by atoms with Crippen molar-refractivity contribution in [2.75, 3.05) is 31.1 Å². The van der Waals surface area contributed by atoms with E-state index in [9.17, 15) is 9.59 Å². The van der Waals surface area contributed by atoms with Crippen molar-refractivity contribution in [3.8, 4) is 0 Å². The van der Waals surface area contributed by atoms with Crippen molar-refractivity contribution >= 4 is 17.9 Å². The molecule has 1 saturated heterocycles. The molecule has 1 atom stereocenters. The van der Waals surface area contributed by atoms with Gasteiger partial charge in [-0.1, -0.05) is 12.8 Å². The molecule has 1 aliphatic heterocycles. The van der Waals surface area contributed by atoms with E-state index in [-0.39, 0.29) is 24.0 Å². The van der Waals surface area contributed by atoms with Crippen LogP contribution in [0.25, 0.3) is 0 Å². The molecule has 2 fully saturated rings. The van der Waals surface area contributed by atoms with Gasteiger partial charge in [0.1, 0.15) is 0 Å². The zero-order valence-corrected chi connectivity index (χ0v) is 14.6. The molecule has 136 valence electrons. The number of amides is 3. The van der Waals surface area contributed by atoms with Crippen molar-refractivity contribution in [2.45, 2.75) is 44.7 Å². The molecule has 0 bridgehead atoms. The van der Waals surface area contributed by atoms with E-state index in [1.165, 1.54) is 0 Å². The maximum atomic E-state index is 12.3. The lowest BCUT2D eigenvalue weighted by molar-refractivity contribution is -0.124. The molecule has 2 heterocycles. The van der Waals surface area contributed by atoms with Gasteiger partial charge in [0.05, 0.1) is 6.04 Å². The number of nitrogens with one attached hydrogen (secondary N) is 2. The Kier molecular flexibility index (Phi) is 5.80. The Morgan fingerprint density at radius 3 is 2.40 bits per heavy atom. The SMILES string of the molecule is C[C@@H](C(=O)NC(=O)NC1CCCC1)N1CCN(c2ncccn2)CC1. The highest BCUT2D eigenvalue weighted by atomic mass is 16.2. The molecule has 1 aromatic rings. The number of hydrogen-bond donors (Lipinski definition) is 2. The minimum Gasteiger partial charge on any atom is -0.338 e. The molecule has 2 N–H and O–H groups in total. The molecule has 1 saturated carbocycles. The second kappa shape index (κ2) is 8.24. The van der Waals surface area contributed by atoms with Crippen LogP contribution >= 0.6 is 0 Å². The van der Waals surface area contributed by atoms with E-state index < -0.39 is 0 Å². The van der Waals surface area contributed by atoms with Crippen LogP contribution in [0.1, 0.15) is 32.6 Å². The van der Waals surface area contributed by atoms with Gasteiger partial charge < -0.3 is 10.2 Å². The van der Waals surface area contributed by atoms with Crippen molar-refractivity contribution in [3.63, 3.8) is 0 Å². The van der Waals surface area contributed by atoms with E-state index in [0.29, 0.717) is 0 Å². The number of imide groups is 1. The van der Waals surface area contributed by atoms with Crippen LogP contribution in [0.5, 0.6) is 0 Å². The second-order valence-corrected chi connectivity index (χ2v) is 6.69. The molecule has 25 heavy (non-hydrogen) atoms. The summed E-state index contributed by atoms with van der Waals surface area (Å²) in [5.41, 5.74) is 0. The summed E-state index contributed by atoms with van der Waals surface area (Å²) in [5, 5.41) is 5.36. The molecule has 8 nitrogen and oxygen atoms in total. The normalized spacial score (nSPS) is 20.3. The van der Waals surface area contributed by atoms with Crippen molar-refractivity contribution in [1.82, 2.24) is 25.5 Å². The van der Waals surface area contributed by atoms with Crippen LogP contribution in [0, 0.1) is 0 Å². The molecule has 0 unspecified atom stereocenters. The zero-order valence-electron chi connectivity index (χ0n) is 14.6. The maximum Gasteiger partial charge on any atom is 0.321 e. The quantitative estimate of drug-likeness (QED) is 0.836. The molecule has 0 aromatic carbocycles. The van der Waals surface area contributed by atoms with Gasteiger partial charge in [-0.05, 0) is 25.8 Å². The lowest BCUT2D eigenvalue weighted by atomic mass is 10.2. The van der Waals surface area contributed by atoms with Gasteiger partial charge in [0.25, 0.3) is 0 Å². The number of rotatable bonds is 4. The van der Waals surface area contributed by atoms with Gasteiger partial charge in [0.2, 0.25) is 11.9 Å². The van der Waals surface area contributed by atoms with Crippen molar-refractivity contribution in [3.05, 3.63) is 18.5 Å². The Morgan fingerprint density at radius 2 is 1.76 bits per heavy atom. The summed E-state index contributed by atoms with van der Waals surface area (Å²) in [7, 11) is 0. The van der Waals surface area contributed by atoms with Crippen LogP contribution in [0.3, 0.4) is 0 Å². The maximum absolute atomic E-state index is 12.3. The van der Waals surface area contributed by atoms with Gasteiger partial charge in [-0.2, -0.15) is 0 Å². The van der Waals surface area contributed by atoms with Gasteiger partial charge in [0.15, 0.2) is 0 Å². The summed E-state index contributed by atoms with van der Waals surface area (Å²) in [4.78, 5) is 37.0. The standard InChI is InChI=1S/C17H26N6O2/c1-13(15(24)21-17(25)20-14-5-2-3-6-14)22-9-11-23(12-10-22)16-18-7-4-8-19-16/h4,7-8,13-14H,2-3,5-6,9-12H2,1H3,(H2,20,21,24,25)/t13-/m0/s1. The number of carbonyl (C=O) groups excluding carboxylic acids is 2. The average Bonchev–Trinajstić information content (AvgIpc) is 3.14. The van der Waals surface area contributed by atoms with Crippen LogP contribution < -0.4 is 15.5 Å². The summed E-state index contributed by atoms with van der Waals surface area (Å²) >= 11 is 0. The van der Waals surface area contributed by atoms with E-state index in [1.807, 2.05) is 6.92 Å². The van der Waals surface area contributed by atoms with E-state index in [0.717, 1.165) is 57.8 Å². The monoisotopic (exact) mass is 346 g/mol. The number of anilines is 1. The first-order valence-corrected chi connectivity index (χ1v) is 9.01. The topological polar surface area (TPSA) is 90.5 Å². The average molecular weight is 346 g/mol. The van der Waals surface area contributed by atoms with Crippen molar-refractivity contribution in [1.29, 1.82) is 0 Å². The molecule has 1 aliphatic carbocycles. The first kappa shape index (κ1) is 17.6. The van der Waals surface area contributed by atoms with Crippen LogP contribution in [0.4, 0.5) is 10.7 Å². The van der Waals surface area contributed by atoms with Gasteiger partial charge >= 0.3 is 6.03 Å². The molecule has 3 amide bonds. The highest BCUT2D eigenvalue weighted by molar-refractivity contribution is 5.96. The van der Waals surface area contributed by atoms with E-state index in [4.69, 9.17) is 0 Å². The smallest absolute Gasteiger partial charge is 0.321 e. The minimum absolute atomic E-state index is 0.206. The minimum atomic E-state index is -0.375. The summed E-state index contributed by atoms with van der Waals surface area (Å²) in [5.74, 6) is 0.468. The van der Waals surface area contributed by atoms with Crippen LogP contribution in [-0.4, -0.2) is 65.1 Å². The Labute approximate surface area is 148 Å². The predicted molar refractivity (Wildman–Crippen MR) is 94.2 cm³/mol. The summed E-state index contributed by atoms with van der Waals surface area (Å²) in [6, 6.07) is 1.29. The lowest BCUT2D eigenvalue weighted by Crippen LogP contribution is -2.56. The highest BCUT2D eigenvalue weighted by Gasteiger charge is 2.28. The molecule has 3 rings (SSSR count). The molecule has 2 aliphatic rings. The molecule has 1 aromatic heterocycles. The summed E-state index contributed by atoms with van der Waals surface area (Å²) < 4.78 is 0. The van der Waals surface area contributed by atoms with Gasteiger partial charge in [-0.25, -0.2) is 14.8 Å². The zero-order chi connectivity index (χ0) is 17.6. The number of hydrogen-bond acceptors (Lipinski definition) is 6. The predicted octanol–water partition coefficient (Wildman–Crippen LogP) is 0.756. The number of nitrogens with zero attached hydrogens (tertiary/aromatic N) is 4.